The molecule has 8 heteroatoms. The van der Waals surface area contributed by atoms with Gasteiger partial charge >= 0.3 is 0 Å². The maximum Gasteiger partial charge on any atom is 0.258 e. The Morgan fingerprint density at radius 1 is 1.17 bits per heavy atom. The molecule has 0 amide bonds. The SMILES string of the molecule is Cc1cc(CN2CCN(Cc3cc(=O)n4ccsc4n3)CC2)on1. The third-order valence-electron chi connectivity index (χ3n) is 4.26. The highest BCUT2D eigenvalue weighted by molar-refractivity contribution is 7.15. The molecule has 4 rings (SSSR count). The number of piperazine rings is 1. The Hall–Kier alpha value is -2.03. The summed E-state index contributed by atoms with van der Waals surface area (Å²) < 4.78 is 6.87. The number of aromatic nitrogens is 3. The van der Waals surface area contributed by atoms with Crippen LogP contribution in [-0.2, 0) is 13.1 Å². The summed E-state index contributed by atoms with van der Waals surface area (Å²) in [5.41, 5.74) is 1.77. The topological polar surface area (TPSA) is 66.9 Å². The van der Waals surface area contributed by atoms with E-state index in [0.29, 0.717) is 0 Å². The minimum Gasteiger partial charge on any atom is -0.360 e. The lowest BCUT2D eigenvalue weighted by Gasteiger charge is -2.33. The summed E-state index contributed by atoms with van der Waals surface area (Å²) in [6, 6.07) is 3.63. The molecule has 0 radical (unpaired) electrons. The molecule has 126 valence electrons. The number of hydrogen-bond donors (Lipinski definition) is 0. The molecular formula is C16H19N5O2S. The molecular weight excluding hydrogens is 326 g/mol. The van der Waals surface area contributed by atoms with Crippen LogP contribution >= 0.6 is 11.3 Å². The number of thiazole rings is 1. The summed E-state index contributed by atoms with van der Waals surface area (Å²) in [4.78, 5) is 22.1. The molecule has 0 atom stereocenters. The van der Waals surface area contributed by atoms with Crippen LogP contribution in [0.3, 0.4) is 0 Å². The van der Waals surface area contributed by atoms with Gasteiger partial charge in [-0.05, 0) is 6.92 Å². The minimum atomic E-state index is -0.00410. The van der Waals surface area contributed by atoms with Crippen LogP contribution in [0.1, 0.15) is 17.1 Å². The third-order valence-corrected chi connectivity index (χ3v) is 5.02. The zero-order valence-corrected chi connectivity index (χ0v) is 14.3. The summed E-state index contributed by atoms with van der Waals surface area (Å²) in [5, 5.41) is 5.82. The van der Waals surface area contributed by atoms with Crippen molar-refractivity contribution in [3.8, 4) is 0 Å². The summed E-state index contributed by atoms with van der Waals surface area (Å²) in [7, 11) is 0. The molecule has 4 heterocycles. The molecule has 0 aliphatic carbocycles. The molecule has 24 heavy (non-hydrogen) atoms. The second-order valence-corrected chi connectivity index (χ2v) is 7.00. The first kappa shape index (κ1) is 15.5. The molecule has 0 N–H and O–H groups in total. The van der Waals surface area contributed by atoms with Crippen molar-refractivity contribution in [2.45, 2.75) is 20.0 Å². The van der Waals surface area contributed by atoms with Crippen LogP contribution in [0.2, 0.25) is 0 Å². The lowest BCUT2D eigenvalue weighted by atomic mass is 10.2. The van der Waals surface area contributed by atoms with E-state index in [4.69, 9.17) is 4.52 Å². The second-order valence-electron chi connectivity index (χ2n) is 6.13. The molecule has 1 aliphatic rings. The van der Waals surface area contributed by atoms with Gasteiger partial charge in [0.1, 0.15) is 0 Å². The Kier molecular flexibility index (Phi) is 4.17. The molecule has 0 aromatic carbocycles. The monoisotopic (exact) mass is 345 g/mol. The van der Waals surface area contributed by atoms with Gasteiger partial charge in [0.05, 0.1) is 17.9 Å². The van der Waals surface area contributed by atoms with Crippen LogP contribution in [0.5, 0.6) is 0 Å². The maximum absolute atomic E-state index is 12.0. The van der Waals surface area contributed by atoms with E-state index in [0.717, 1.165) is 61.4 Å². The van der Waals surface area contributed by atoms with Gasteiger partial charge in [0.2, 0.25) is 0 Å². The Bertz CT molecular complexity index is 891. The fraction of sp³-hybridized carbons (Fsp3) is 0.438. The van der Waals surface area contributed by atoms with Gasteiger partial charge in [-0.1, -0.05) is 5.16 Å². The molecule has 7 nitrogen and oxygen atoms in total. The van der Waals surface area contributed by atoms with Crippen LogP contribution in [-0.4, -0.2) is 50.5 Å². The Morgan fingerprint density at radius 3 is 2.62 bits per heavy atom. The Morgan fingerprint density at radius 2 is 1.92 bits per heavy atom. The van der Waals surface area contributed by atoms with Crippen molar-refractivity contribution in [2.24, 2.45) is 0 Å². The highest BCUT2D eigenvalue weighted by atomic mass is 32.1. The molecule has 0 bridgehead atoms. The van der Waals surface area contributed by atoms with Gasteiger partial charge in [0.25, 0.3) is 5.56 Å². The average Bonchev–Trinajstić information content (AvgIpc) is 3.18. The zero-order valence-electron chi connectivity index (χ0n) is 13.5. The fourth-order valence-corrected chi connectivity index (χ4v) is 3.75. The fourth-order valence-electron chi connectivity index (χ4n) is 3.01. The van der Waals surface area contributed by atoms with Crippen molar-refractivity contribution >= 4 is 16.3 Å². The molecule has 1 fully saturated rings. The predicted molar refractivity (Wildman–Crippen MR) is 91.1 cm³/mol. The lowest BCUT2D eigenvalue weighted by Crippen LogP contribution is -2.45. The van der Waals surface area contributed by atoms with Crippen molar-refractivity contribution in [1.82, 2.24) is 24.3 Å². The first-order chi connectivity index (χ1) is 11.7. The molecule has 3 aromatic heterocycles. The smallest absolute Gasteiger partial charge is 0.258 e. The quantitative estimate of drug-likeness (QED) is 0.711. The molecule has 0 saturated carbocycles. The van der Waals surface area contributed by atoms with Crippen molar-refractivity contribution in [3.63, 3.8) is 0 Å². The zero-order chi connectivity index (χ0) is 16.5. The maximum atomic E-state index is 12.0. The average molecular weight is 345 g/mol. The van der Waals surface area contributed by atoms with Gasteiger partial charge in [0, 0.05) is 56.4 Å². The van der Waals surface area contributed by atoms with Gasteiger partial charge in [-0.25, -0.2) is 4.98 Å². The lowest BCUT2D eigenvalue weighted by molar-refractivity contribution is 0.113. The van der Waals surface area contributed by atoms with Gasteiger partial charge in [-0.2, -0.15) is 0 Å². The third kappa shape index (κ3) is 3.26. The van der Waals surface area contributed by atoms with E-state index in [9.17, 15) is 4.79 Å². The standard InChI is InChI=1S/C16H19N5O2S/c1-12-8-14(23-18-12)11-20-4-2-19(3-5-20)10-13-9-15(22)21-6-7-24-16(21)17-13/h6-9H,2-5,10-11H2,1H3. The van der Waals surface area contributed by atoms with Crippen molar-refractivity contribution in [3.05, 3.63) is 51.2 Å². The Labute approximate surface area is 143 Å². The van der Waals surface area contributed by atoms with E-state index in [2.05, 4.69) is 19.9 Å². The molecule has 0 unspecified atom stereocenters. The second kappa shape index (κ2) is 6.46. The number of hydrogen-bond acceptors (Lipinski definition) is 7. The summed E-state index contributed by atoms with van der Waals surface area (Å²) >= 11 is 1.49. The van der Waals surface area contributed by atoms with Gasteiger partial charge in [-0.3, -0.25) is 19.0 Å². The molecule has 1 saturated heterocycles. The number of rotatable bonds is 4. The van der Waals surface area contributed by atoms with Crippen molar-refractivity contribution < 1.29 is 4.52 Å². The van der Waals surface area contributed by atoms with Crippen LogP contribution in [0.4, 0.5) is 0 Å². The number of aryl methyl sites for hydroxylation is 1. The van der Waals surface area contributed by atoms with Crippen molar-refractivity contribution in [2.75, 3.05) is 26.2 Å². The highest BCUT2D eigenvalue weighted by Gasteiger charge is 2.19. The number of nitrogens with zero attached hydrogens (tertiary/aromatic N) is 5. The molecule has 0 spiro atoms. The molecule has 1 aliphatic heterocycles. The van der Waals surface area contributed by atoms with Crippen LogP contribution < -0.4 is 5.56 Å². The number of fused-ring (bicyclic) bond motifs is 1. The van der Waals surface area contributed by atoms with Crippen LogP contribution in [0.15, 0.2) is 33.0 Å². The van der Waals surface area contributed by atoms with Gasteiger partial charge in [0.15, 0.2) is 10.7 Å². The summed E-state index contributed by atoms with van der Waals surface area (Å²) in [6.07, 6.45) is 1.77. The normalized spacial score (nSPS) is 16.9. The predicted octanol–water partition coefficient (Wildman–Crippen LogP) is 1.37. The van der Waals surface area contributed by atoms with Crippen molar-refractivity contribution in [1.29, 1.82) is 0 Å². The van der Waals surface area contributed by atoms with E-state index in [1.165, 1.54) is 11.3 Å². The first-order valence-electron chi connectivity index (χ1n) is 8.00. The highest BCUT2D eigenvalue weighted by Crippen LogP contribution is 2.12. The summed E-state index contributed by atoms with van der Waals surface area (Å²) in [5.74, 6) is 0.916. The summed E-state index contributed by atoms with van der Waals surface area (Å²) in [6.45, 7) is 7.32. The molecule has 3 aromatic rings. The largest absolute Gasteiger partial charge is 0.360 e. The van der Waals surface area contributed by atoms with E-state index >= 15 is 0 Å². The van der Waals surface area contributed by atoms with Crippen LogP contribution in [0, 0.1) is 6.92 Å². The van der Waals surface area contributed by atoms with Gasteiger partial charge < -0.3 is 4.52 Å². The van der Waals surface area contributed by atoms with E-state index < -0.39 is 0 Å². The van der Waals surface area contributed by atoms with E-state index in [1.54, 1.807) is 16.7 Å². The van der Waals surface area contributed by atoms with E-state index in [1.807, 2.05) is 18.4 Å². The Balaban J connectivity index is 1.36. The first-order valence-corrected chi connectivity index (χ1v) is 8.88. The van der Waals surface area contributed by atoms with Gasteiger partial charge in [-0.15, -0.1) is 11.3 Å². The minimum absolute atomic E-state index is 0.00410. The van der Waals surface area contributed by atoms with Crippen LogP contribution in [0.25, 0.3) is 4.96 Å². The van der Waals surface area contributed by atoms with E-state index in [-0.39, 0.29) is 5.56 Å².